The van der Waals surface area contributed by atoms with Crippen LogP contribution in [0.25, 0.3) is 0 Å². The summed E-state index contributed by atoms with van der Waals surface area (Å²) in [4.78, 5) is 16.1. The van der Waals surface area contributed by atoms with Gasteiger partial charge in [0.15, 0.2) is 5.69 Å². The first-order valence-corrected chi connectivity index (χ1v) is 5.79. The molecule has 1 N–H and O–H groups in total. The summed E-state index contributed by atoms with van der Waals surface area (Å²) in [7, 11) is 0. The number of carboxylic acids is 1. The number of carboxylic acid groups (broad SMARTS) is 1. The predicted molar refractivity (Wildman–Crippen MR) is 61.6 cm³/mol. The average Bonchev–Trinajstić information content (AvgIpc) is 2.71. The van der Waals surface area contributed by atoms with Gasteiger partial charge >= 0.3 is 5.97 Å². The Morgan fingerprint density at radius 1 is 1.38 bits per heavy atom. The van der Waals surface area contributed by atoms with Crippen molar-refractivity contribution in [1.82, 2.24) is 4.73 Å². The van der Waals surface area contributed by atoms with Crippen LogP contribution in [0.3, 0.4) is 0 Å². The van der Waals surface area contributed by atoms with Gasteiger partial charge in [-0.05, 0) is 25.0 Å². The molecule has 16 heavy (non-hydrogen) atoms. The topological polar surface area (TPSA) is 51.5 Å². The highest BCUT2D eigenvalue weighted by Crippen LogP contribution is 2.03. The van der Waals surface area contributed by atoms with E-state index in [1.807, 2.05) is 0 Å². The van der Waals surface area contributed by atoms with Gasteiger partial charge in [0.05, 0.1) is 0 Å². The molecule has 90 valence electrons. The highest BCUT2D eigenvalue weighted by molar-refractivity contribution is 5.85. The molecule has 1 aromatic heterocycles. The van der Waals surface area contributed by atoms with Crippen molar-refractivity contribution in [3.63, 3.8) is 0 Å². The zero-order valence-corrected chi connectivity index (χ0v) is 9.69. The Hall–Kier alpha value is -1.45. The lowest BCUT2D eigenvalue weighted by Gasteiger charge is -2.08. The minimum absolute atomic E-state index is 0.175. The van der Waals surface area contributed by atoms with Crippen molar-refractivity contribution in [1.29, 1.82) is 0 Å². The second kappa shape index (κ2) is 6.93. The largest absolute Gasteiger partial charge is 0.476 e. The van der Waals surface area contributed by atoms with Gasteiger partial charge in [0.2, 0.25) is 0 Å². The van der Waals surface area contributed by atoms with E-state index in [2.05, 4.69) is 6.92 Å². The van der Waals surface area contributed by atoms with Crippen LogP contribution in [0, 0.1) is 0 Å². The maximum absolute atomic E-state index is 10.8. The molecule has 0 amide bonds. The Morgan fingerprint density at radius 2 is 2.12 bits per heavy atom. The maximum Gasteiger partial charge on any atom is 0.355 e. The molecule has 1 rings (SSSR count). The van der Waals surface area contributed by atoms with Gasteiger partial charge in [0.25, 0.3) is 0 Å². The van der Waals surface area contributed by atoms with Gasteiger partial charge in [-0.1, -0.05) is 26.2 Å². The molecule has 0 unspecified atom stereocenters. The Bertz CT molecular complexity index is 320. The van der Waals surface area contributed by atoms with Gasteiger partial charge in [-0.2, -0.15) is 4.73 Å². The van der Waals surface area contributed by atoms with Crippen molar-refractivity contribution < 1.29 is 14.7 Å². The van der Waals surface area contributed by atoms with E-state index in [-0.39, 0.29) is 5.69 Å². The van der Waals surface area contributed by atoms with Crippen LogP contribution in [0.1, 0.15) is 49.5 Å². The SMILES string of the molecule is CCCCCCCOn1cccc1C(=O)O. The fourth-order valence-electron chi connectivity index (χ4n) is 1.51. The van der Waals surface area contributed by atoms with Crippen LogP contribution in [-0.2, 0) is 0 Å². The number of nitrogens with zero attached hydrogens (tertiary/aromatic N) is 1. The minimum Gasteiger partial charge on any atom is -0.476 e. The standard InChI is InChI=1S/C12H19NO3/c1-2-3-4-5-6-10-16-13-9-7-8-11(13)12(14)15/h7-9H,2-6,10H2,1H3,(H,14,15). The molecule has 4 heteroatoms. The van der Waals surface area contributed by atoms with Crippen LogP contribution >= 0.6 is 0 Å². The lowest BCUT2D eigenvalue weighted by molar-refractivity contribution is 0.0589. The molecule has 4 nitrogen and oxygen atoms in total. The van der Waals surface area contributed by atoms with Gasteiger partial charge in [0, 0.05) is 6.20 Å². The van der Waals surface area contributed by atoms with Crippen LogP contribution in [-0.4, -0.2) is 22.4 Å². The van der Waals surface area contributed by atoms with E-state index in [0.29, 0.717) is 6.61 Å². The van der Waals surface area contributed by atoms with E-state index < -0.39 is 5.97 Å². The summed E-state index contributed by atoms with van der Waals surface area (Å²) in [5.41, 5.74) is 0.175. The van der Waals surface area contributed by atoms with Gasteiger partial charge in [0.1, 0.15) is 6.61 Å². The summed E-state index contributed by atoms with van der Waals surface area (Å²) < 4.78 is 1.32. The third-order valence-electron chi connectivity index (χ3n) is 2.41. The van der Waals surface area contributed by atoms with Crippen LogP contribution in [0.5, 0.6) is 0 Å². The summed E-state index contributed by atoms with van der Waals surface area (Å²) in [5, 5.41) is 8.83. The monoisotopic (exact) mass is 225 g/mol. The number of hydrogen-bond donors (Lipinski definition) is 1. The smallest absolute Gasteiger partial charge is 0.355 e. The Morgan fingerprint density at radius 3 is 2.81 bits per heavy atom. The van der Waals surface area contributed by atoms with Crippen molar-refractivity contribution in [3.8, 4) is 0 Å². The molecule has 0 atom stereocenters. The number of hydrogen-bond acceptors (Lipinski definition) is 2. The highest BCUT2D eigenvalue weighted by Gasteiger charge is 2.08. The third kappa shape index (κ3) is 3.96. The second-order valence-corrected chi connectivity index (χ2v) is 3.77. The van der Waals surface area contributed by atoms with Crippen LogP contribution in [0.2, 0.25) is 0 Å². The average molecular weight is 225 g/mol. The normalized spacial score (nSPS) is 10.3. The summed E-state index contributed by atoms with van der Waals surface area (Å²) >= 11 is 0. The molecule has 0 aliphatic carbocycles. The Kier molecular flexibility index (Phi) is 5.46. The van der Waals surface area contributed by atoms with Gasteiger partial charge in [-0.25, -0.2) is 4.79 Å². The van der Waals surface area contributed by atoms with Crippen molar-refractivity contribution in [2.75, 3.05) is 6.61 Å². The molecule has 1 aromatic rings. The first-order chi connectivity index (χ1) is 7.75. The Labute approximate surface area is 95.8 Å². The first kappa shape index (κ1) is 12.6. The van der Waals surface area contributed by atoms with E-state index in [1.165, 1.54) is 30.1 Å². The van der Waals surface area contributed by atoms with Crippen molar-refractivity contribution >= 4 is 5.97 Å². The van der Waals surface area contributed by atoms with E-state index in [0.717, 1.165) is 12.8 Å². The fourth-order valence-corrected chi connectivity index (χ4v) is 1.51. The van der Waals surface area contributed by atoms with Crippen LogP contribution in [0.4, 0.5) is 0 Å². The van der Waals surface area contributed by atoms with E-state index in [9.17, 15) is 4.79 Å². The van der Waals surface area contributed by atoms with Gasteiger partial charge in [-0.3, -0.25) is 0 Å². The van der Waals surface area contributed by atoms with E-state index >= 15 is 0 Å². The van der Waals surface area contributed by atoms with Gasteiger partial charge in [-0.15, -0.1) is 0 Å². The highest BCUT2D eigenvalue weighted by atomic mass is 16.7. The van der Waals surface area contributed by atoms with Crippen LogP contribution in [0.15, 0.2) is 18.3 Å². The quantitative estimate of drug-likeness (QED) is 0.692. The lowest BCUT2D eigenvalue weighted by Crippen LogP contribution is -2.17. The number of unbranched alkanes of at least 4 members (excludes halogenated alkanes) is 4. The first-order valence-electron chi connectivity index (χ1n) is 5.79. The summed E-state index contributed by atoms with van der Waals surface area (Å²) in [6.07, 6.45) is 7.42. The van der Waals surface area contributed by atoms with E-state index in [1.54, 1.807) is 12.3 Å². The van der Waals surface area contributed by atoms with Crippen molar-refractivity contribution in [2.24, 2.45) is 0 Å². The summed E-state index contributed by atoms with van der Waals surface area (Å²) in [5.74, 6) is -0.962. The second-order valence-electron chi connectivity index (χ2n) is 3.77. The molecule has 0 radical (unpaired) electrons. The van der Waals surface area contributed by atoms with Crippen molar-refractivity contribution in [2.45, 2.75) is 39.0 Å². The molecule has 0 aliphatic rings. The molecule has 0 aromatic carbocycles. The minimum atomic E-state index is -0.962. The maximum atomic E-state index is 10.8. The number of aromatic carboxylic acids is 1. The number of aromatic nitrogens is 1. The fraction of sp³-hybridized carbons (Fsp3) is 0.583. The zero-order chi connectivity index (χ0) is 11.8. The molecule has 1 heterocycles. The molecule has 0 aliphatic heterocycles. The zero-order valence-electron chi connectivity index (χ0n) is 9.69. The molecule has 0 fully saturated rings. The predicted octanol–water partition coefficient (Wildman–Crippen LogP) is 2.59. The van der Waals surface area contributed by atoms with Crippen molar-refractivity contribution in [3.05, 3.63) is 24.0 Å². The number of carbonyl (C=O) groups is 1. The molecule has 0 spiro atoms. The molecule has 0 saturated heterocycles. The molecule has 0 saturated carbocycles. The van der Waals surface area contributed by atoms with Crippen LogP contribution < -0.4 is 4.84 Å². The number of rotatable bonds is 8. The molecular formula is C12H19NO3. The van der Waals surface area contributed by atoms with Gasteiger partial charge < -0.3 is 9.94 Å². The third-order valence-corrected chi connectivity index (χ3v) is 2.41. The lowest BCUT2D eigenvalue weighted by atomic mass is 10.2. The summed E-state index contributed by atoms with van der Waals surface area (Å²) in [6.45, 7) is 2.74. The Balaban J connectivity index is 2.21. The molecule has 0 bridgehead atoms. The molecular weight excluding hydrogens is 206 g/mol. The summed E-state index contributed by atoms with van der Waals surface area (Å²) in [6, 6.07) is 3.19. The van der Waals surface area contributed by atoms with E-state index in [4.69, 9.17) is 9.94 Å².